The van der Waals surface area contributed by atoms with Crippen LogP contribution in [0.5, 0.6) is 17.2 Å². The summed E-state index contributed by atoms with van der Waals surface area (Å²) < 4.78 is 47.5. The molecule has 5 aromatic rings. The maximum atomic E-state index is 14.1. The Labute approximate surface area is 253 Å². The second-order valence-corrected chi connectivity index (χ2v) is 9.90. The van der Waals surface area contributed by atoms with Crippen LogP contribution in [0.2, 0.25) is 0 Å². The molecule has 0 unspecified atom stereocenters. The third kappa shape index (κ3) is 6.57. The van der Waals surface area contributed by atoms with Gasteiger partial charge in [0.05, 0.1) is 24.4 Å². The zero-order valence-electron chi connectivity index (χ0n) is 24.7. The third-order valence-electron chi connectivity index (χ3n) is 6.94. The highest BCUT2D eigenvalue weighted by Crippen LogP contribution is 2.30. The molecule has 0 aliphatic carbocycles. The number of aromatic nitrogens is 1. The Hall–Kier alpha value is -5.18. The van der Waals surface area contributed by atoms with Crippen LogP contribution in [0.15, 0.2) is 95.9 Å². The van der Waals surface area contributed by atoms with Gasteiger partial charge in [0.25, 0.3) is 5.91 Å². The Bertz CT molecular complexity index is 1810. The lowest BCUT2D eigenvalue weighted by molar-refractivity contribution is 0.0987. The molecule has 0 saturated carbocycles. The number of nitrogens with zero attached hydrogens (tertiary/aromatic N) is 2. The number of hydrogen-bond donors (Lipinski definition) is 0. The van der Waals surface area contributed by atoms with E-state index in [1.54, 1.807) is 47.9 Å². The minimum absolute atomic E-state index is 0.00248. The van der Waals surface area contributed by atoms with Crippen molar-refractivity contribution in [1.82, 2.24) is 4.57 Å². The van der Waals surface area contributed by atoms with Crippen molar-refractivity contribution in [2.45, 2.75) is 27.4 Å². The first kappa shape index (κ1) is 30.3. The molecule has 1 aromatic heterocycles. The molecular formula is C35H32F2N2O5. The lowest BCUT2D eigenvalue weighted by atomic mass is 10.1. The standard InChI is InChI=1S/C35H32F2N2O5/c1-4-38(26-15-24(36)14-25(37)16-26)35(41)32-21-39(27-17-29(42-5-2)19-30(18-27)43-6-3)33-20-28(12-13-31(33)34(32)40)44-22-23-10-8-7-9-11-23/h7-21H,4-6,22H2,1-3H3. The van der Waals surface area contributed by atoms with Crippen molar-refractivity contribution in [3.8, 4) is 22.9 Å². The van der Waals surface area contributed by atoms with E-state index in [1.807, 2.05) is 44.2 Å². The van der Waals surface area contributed by atoms with Crippen LogP contribution < -0.4 is 24.5 Å². The van der Waals surface area contributed by atoms with Crippen molar-refractivity contribution in [2.24, 2.45) is 0 Å². The molecule has 0 atom stereocenters. The first-order valence-corrected chi connectivity index (χ1v) is 14.4. The van der Waals surface area contributed by atoms with Crippen LogP contribution in [-0.2, 0) is 6.61 Å². The molecule has 0 aliphatic heterocycles. The second kappa shape index (κ2) is 13.4. The van der Waals surface area contributed by atoms with Crippen molar-refractivity contribution < 1.29 is 27.8 Å². The number of fused-ring (bicyclic) bond motifs is 1. The molecule has 1 heterocycles. The molecule has 0 radical (unpaired) electrons. The summed E-state index contributed by atoms with van der Waals surface area (Å²) in [7, 11) is 0. The van der Waals surface area contributed by atoms with Crippen LogP contribution in [0.25, 0.3) is 16.6 Å². The smallest absolute Gasteiger partial charge is 0.263 e. The fourth-order valence-electron chi connectivity index (χ4n) is 4.98. The summed E-state index contributed by atoms with van der Waals surface area (Å²) in [4.78, 5) is 28.9. The van der Waals surface area contributed by atoms with Gasteiger partial charge in [-0.25, -0.2) is 8.78 Å². The number of carbonyl (C=O) groups is 1. The summed E-state index contributed by atoms with van der Waals surface area (Å²) in [6, 6.07) is 22.9. The maximum Gasteiger partial charge on any atom is 0.263 e. The zero-order chi connectivity index (χ0) is 31.2. The van der Waals surface area contributed by atoms with Gasteiger partial charge in [-0.2, -0.15) is 0 Å². The quantitative estimate of drug-likeness (QED) is 0.159. The molecule has 0 bridgehead atoms. The molecule has 226 valence electrons. The molecule has 0 spiro atoms. The Morgan fingerprint density at radius 2 is 1.43 bits per heavy atom. The van der Waals surface area contributed by atoms with Crippen molar-refractivity contribution in [1.29, 1.82) is 0 Å². The van der Waals surface area contributed by atoms with E-state index in [4.69, 9.17) is 14.2 Å². The molecule has 1 amide bonds. The van der Waals surface area contributed by atoms with Crippen LogP contribution in [-0.4, -0.2) is 30.2 Å². The number of anilines is 1. The Morgan fingerprint density at radius 3 is 2.05 bits per heavy atom. The average Bonchev–Trinajstić information content (AvgIpc) is 3.01. The van der Waals surface area contributed by atoms with Gasteiger partial charge in [0.2, 0.25) is 5.43 Å². The topological polar surface area (TPSA) is 70.0 Å². The molecule has 0 N–H and O–H groups in total. The lowest BCUT2D eigenvalue weighted by Crippen LogP contribution is -2.35. The Balaban J connectivity index is 1.69. The molecule has 0 saturated heterocycles. The number of amides is 1. The minimum atomic E-state index is -0.832. The summed E-state index contributed by atoms with van der Waals surface area (Å²) in [5.74, 6) is -0.772. The predicted octanol–water partition coefficient (Wildman–Crippen LogP) is 7.31. The summed E-state index contributed by atoms with van der Waals surface area (Å²) in [6.07, 6.45) is 1.44. The first-order chi connectivity index (χ1) is 21.3. The Morgan fingerprint density at radius 1 is 0.773 bits per heavy atom. The van der Waals surface area contributed by atoms with E-state index >= 15 is 0 Å². The van der Waals surface area contributed by atoms with E-state index in [9.17, 15) is 18.4 Å². The van der Waals surface area contributed by atoms with Crippen LogP contribution >= 0.6 is 0 Å². The zero-order valence-corrected chi connectivity index (χ0v) is 24.7. The van der Waals surface area contributed by atoms with Gasteiger partial charge in [-0.1, -0.05) is 30.3 Å². The summed E-state index contributed by atoms with van der Waals surface area (Å²) >= 11 is 0. The number of pyridine rings is 1. The summed E-state index contributed by atoms with van der Waals surface area (Å²) in [5.41, 5.74) is 1.32. The predicted molar refractivity (Wildman–Crippen MR) is 166 cm³/mol. The lowest BCUT2D eigenvalue weighted by Gasteiger charge is -2.22. The number of benzene rings is 4. The molecule has 5 rings (SSSR count). The van der Waals surface area contributed by atoms with Crippen LogP contribution in [0.3, 0.4) is 0 Å². The highest BCUT2D eigenvalue weighted by Gasteiger charge is 2.24. The number of carbonyl (C=O) groups excluding carboxylic acids is 1. The normalized spacial score (nSPS) is 10.9. The van der Waals surface area contributed by atoms with Crippen LogP contribution in [0.4, 0.5) is 14.5 Å². The summed E-state index contributed by atoms with van der Waals surface area (Å²) in [5, 5.41) is 0.254. The van der Waals surface area contributed by atoms with Crippen LogP contribution in [0, 0.1) is 11.6 Å². The van der Waals surface area contributed by atoms with Gasteiger partial charge in [0.1, 0.15) is 41.1 Å². The number of halogens is 2. The van der Waals surface area contributed by atoms with Gasteiger partial charge < -0.3 is 23.7 Å². The fourth-order valence-corrected chi connectivity index (χ4v) is 4.98. The molecule has 9 heteroatoms. The maximum absolute atomic E-state index is 14.1. The van der Waals surface area contributed by atoms with Crippen molar-refractivity contribution in [3.05, 3.63) is 124 Å². The van der Waals surface area contributed by atoms with Gasteiger partial charge in [0, 0.05) is 54.1 Å². The van der Waals surface area contributed by atoms with E-state index in [1.165, 1.54) is 11.1 Å². The van der Waals surface area contributed by atoms with Gasteiger partial charge in [-0.15, -0.1) is 0 Å². The van der Waals surface area contributed by atoms with E-state index < -0.39 is 23.0 Å². The first-order valence-electron chi connectivity index (χ1n) is 14.4. The second-order valence-electron chi connectivity index (χ2n) is 9.90. The SMILES string of the molecule is CCOc1cc(OCC)cc(-n2cc(C(=O)N(CC)c3cc(F)cc(F)c3)c(=O)c3ccc(OCc4ccccc4)cc32)c1. The largest absolute Gasteiger partial charge is 0.494 e. The van der Waals surface area contributed by atoms with Crippen LogP contribution in [0.1, 0.15) is 36.7 Å². The fraction of sp³-hybridized carbons (Fsp3) is 0.200. The van der Waals surface area contributed by atoms with E-state index in [0.717, 1.165) is 23.8 Å². The van der Waals surface area contributed by atoms with Gasteiger partial charge in [-0.05, 0) is 50.6 Å². The number of rotatable bonds is 11. The van der Waals surface area contributed by atoms with Crippen molar-refractivity contribution in [2.75, 3.05) is 24.7 Å². The Kier molecular flexibility index (Phi) is 9.23. The molecular weight excluding hydrogens is 566 g/mol. The molecule has 0 fully saturated rings. The minimum Gasteiger partial charge on any atom is -0.494 e. The molecule has 44 heavy (non-hydrogen) atoms. The van der Waals surface area contributed by atoms with Crippen molar-refractivity contribution in [3.63, 3.8) is 0 Å². The van der Waals surface area contributed by atoms with Gasteiger partial charge in [0.15, 0.2) is 0 Å². The molecule has 7 nitrogen and oxygen atoms in total. The highest BCUT2D eigenvalue weighted by atomic mass is 19.1. The summed E-state index contributed by atoms with van der Waals surface area (Å²) in [6.45, 7) is 6.61. The monoisotopic (exact) mass is 598 g/mol. The average molecular weight is 599 g/mol. The van der Waals surface area contributed by atoms with E-state index in [2.05, 4.69) is 0 Å². The van der Waals surface area contributed by atoms with Gasteiger partial charge >= 0.3 is 0 Å². The highest BCUT2D eigenvalue weighted by molar-refractivity contribution is 6.07. The van der Waals surface area contributed by atoms with E-state index in [0.29, 0.717) is 48.3 Å². The van der Waals surface area contributed by atoms with Crippen molar-refractivity contribution >= 4 is 22.5 Å². The third-order valence-corrected chi connectivity index (χ3v) is 6.94. The number of hydrogen-bond acceptors (Lipinski definition) is 5. The van der Waals surface area contributed by atoms with Gasteiger partial charge in [-0.3, -0.25) is 9.59 Å². The van der Waals surface area contributed by atoms with E-state index in [-0.39, 0.29) is 23.2 Å². The molecule has 4 aromatic carbocycles. The molecule has 0 aliphatic rings. The number of ether oxygens (including phenoxy) is 3.